The largest absolute Gasteiger partial charge is 0.368 e. The molecular weight excluding hydrogens is 288 g/mol. The van der Waals surface area contributed by atoms with Crippen molar-refractivity contribution in [3.63, 3.8) is 0 Å². The summed E-state index contributed by atoms with van der Waals surface area (Å²) >= 11 is 0. The fraction of sp³-hybridized carbons (Fsp3) is 0.412. The average Bonchev–Trinajstić information content (AvgIpc) is 2.92. The molecule has 0 aromatic carbocycles. The van der Waals surface area contributed by atoms with E-state index in [-0.39, 0.29) is 0 Å². The maximum absolute atomic E-state index is 4.67. The van der Waals surface area contributed by atoms with Crippen LogP contribution in [0.2, 0.25) is 0 Å². The van der Waals surface area contributed by atoms with Crippen LogP contribution in [-0.2, 0) is 19.4 Å². The van der Waals surface area contributed by atoms with E-state index >= 15 is 0 Å². The van der Waals surface area contributed by atoms with Gasteiger partial charge in [-0.2, -0.15) is 5.10 Å². The second kappa shape index (κ2) is 6.73. The molecule has 0 fully saturated rings. The van der Waals surface area contributed by atoms with E-state index in [1.165, 1.54) is 0 Å². The number of rotatable bonds is 6. The van der Waals surface area contributed by atoms with Gasteiger partial charge in [-0.25, -0.2) is 9.97 Å². The third-order valence-electron chi connectivity index (χ3n) is 3.82. The monoisotopic (exact) mass is 310 g/mol. The summed E-state index contributed by atoms with van der Waals surface area (Å²) < 4.78 is 1.97. The van der Waals surface area contributed by atoms with Crippen LogP contribution >= 0.6 is 0 Å². The molecule has 0 spiro atoms. The molecule has 0 saturated heterocycles. The van der Waals surface area contributed by atoms with Gasteiger partial charge in [0.2, 0.25) is 0 Å². The van der Waals surface area contributed by atoms with Gasteiger partial charge in [-0.1, -0.05) is 13.0 Å². The van der Waals surface area contributed by atoms with E-state index < -0.39 is 0 Å². The Morgan fingerprint density at radius 3 is 2.74 bits per heavy atom. The van der Waals surface area contributed by atoms with E-state index in [1.54, 1.807) is 0 Å². The summed E-state index contributed by atoms with van der Waals surface area (Å²) in [5, 5.41) is 8.02. The van der Waals surface area contributed by atoms with Gasteiger partial charge in [0.05, 0.1) is 5.69 Å². The minimum atomic E-state index is 0.778. The number of pyridine rings is 1. The van der Waals surface area contributed by atoms with Gasteiger partial charge >= 0.3 is 0 Å². The lowest BCUT2D eigenvalue weighted by Crippen LogP contribution is -2.11. The van der Waals surface area contributed by atoms with Crippen LogP contribution in [0.4, 0.5) is 5.82 Å². The first kappa shape index (κ1) is 15.4. The molecule has 23 heavy (non-hydrogen) atoms. The standard InChI is InChI=1S/C17H22N6/c1-4-14-20-15-12(3)22-23(5-2)16(15)17(21-14)19-11-9-13-8-6-7-10-18-13/h6-8,10H,4-5,9,11H2,1-3H3,(H,19,20,21). The van der Waals surface area contributed by atoms with E-state index in [1.807, 2.05) is 36.0 Å². The highest BCUT2D eigenvalue weighted by Gasteiger charge is 2.15. The Bertz CT molecular complexity index is 794. The van der Waals surface area contributed by atoms with Crippen molar-refractivity contribution in [2.75, 3.05) is 11.9 Å². The van der Waals surface area contributed by atoms with Crippen molar-refractivity contribution in [2.24, 2.45) is 0 Å². The van der Waals surface area contributed by atoms with Crippen molar-refractivity contribution in [1.29, 1.82) is 0 Å². The van der Waals surface area contributed by atoms with E-state index in [9.17, 15) is 0 Å². The van der Waals surface area contributed by atoms with Crippen LogP contribution in [0.1, 0.15) is 31.1 Å². The number of hydrogen-bond acceptors (Lipinski definition) is 5. The zero-order chi connectivity index (χ0) is 16.2. The molecule has 120 valence electrons. The SMILES string of the molecule is CCc1nc(NCCc2ccccn2)c2c(n1)c(C)nn2CC. The molecule has 3 rings (SSSR count). The van der Waals surface area contributed by atoms with Gasteiger partial charge in [0.1, 0.15) is 16.9 Å². The second-order valence-corrected chi connectivity index (χ2v) is 5.44. The summed E-state index contributed by atoms with van der Waals surface area (Å²) in [5.41, 5.74) is 3.95. The predicted molar refractivity (Wildman–Crippen MR) is 91.5 cm³/mol. The molecule has 0 aliphatic heterocycles. The summed E-state index contributed by atoms with van der Waals surface area (Å²) in [6, 6.07) is 5.98. The van der Waals surface area contributed by atoms with Gasteiger partial charge in [-0.05, 0) is 26.0 Å². The van der Waals surface area contributed by atoms with Crippen molar-refractivity contribution in [3.05, 3.63) is 41.6 Å². The zero-order valence-corrected chi connectivity index (χ0v) is 13.9. The van der Waals surface area contributed by atoms with Crippen LogP contribution < -0.4 is 5.32 Å². The molecule has 1 N–H and O–H groups in total. The molecule has 0 aliphatic rings. The third kappa shape index (κ3) is 3.16. The fourth-order valence-corrected chi connectivity index (χ4v) is 2.64. The Hall–Kier alpha value is -2.50. The van der Waals surface area contributed by atoms with Gasteiger partial charge in [-0.15, -0.1) is 0 Å². The maximum atomic E-state index is 4.67. The summed E-state index contributed by atoms with van der Waals surface area (Å²) in [6.07, 6.45) is 3.48. The van der Waals surface area contributed by atoms with E-state index in [4.69, 9.17) is 0 Å². The van der Waals surface area contributed by atoms with E-state index in [2.05, 4.69) is 39.2 Å². The van der Waals surface area contributed by atoms with E-state index in [0.717, 1.165) is 60.0 Å². The molecule has 3 aromatic heterocycles. The van der Waals surface area contributed by atoms with Crippen molar-refractivity contribution in [2.45, 2.75) is 40.2 Å². The van der Waals surface area contributed by atoms with Crippen LogP contribution in [0.5, 0.6) is 0 Å². The first-order valence-corrected chi connectivity index (χ1v) is 8.10. The third-order valence-corrected chi connectivity index (χ3v) is 3.82. The van der Waals surface area contributed by atoms with Crippen LogP contribution in [0.25, 0.3) is 11.0 Å². The quantitative estimate of drug-likeness (QED) is 0.758. The molecule has 6 heteroatoms. The highest BCUT2D eigenvalue weighted by atomic mass is 15.3. The lowest BCUT2D eigenvalue weighted by atomic mass is 10.2. The molecule has 3 aromatic rings. The van der Waals surface area contributed by atoms with Crippen LogP contribution in [0, 0.1) is 6.92 Å². The minimum absolute atomic E-state index is 0.778. The van der Waals surface area contributed by atoms with E-state index in [0.29, 0.717) is 0 Å². The first-order valence-electron chi connectivity index (χ1n) is 8.10. The molecule has 0 aliphatic carbocycles. The second-order valence-electron chi connectivity index (χ2n) is 5.44. The Kier molecular flexibility index (Phi) is 4.50. The predicted octanol–water partition coefficient (Wildman–Crippen LogP) is 2.77. The molecule has 0 amide bonds. The van der Waals surface area contributed by atoms with Crippen molar-refractivity contribution in [3.8, 4) is 0 Å². The number of hydrogen-bond donors (Lipinski definition) is 1. The van der Waals surface area contributed by atoms with Gasteiger partial charge < -0.3 is 5.32 Å². The van der Waals surface area contributed by atoms with Gasteiger partial charge in [0.25, 0.3) is 0 Å². The fourth-order valence-electron chi connectivity index (χ4n) is 2.64. The average molecular weight is 310 g/mol. The van der Waals surface area contributed by atoms with Gasteiger partial charge in [-0.3, -0.25) is 9.67 Å². The number of aryl methyl sites for hydroxylation is 3. The number of fused-ring (bicyclic) bond motifs is 1. The Morgan fingerprint density at radius 2 is 2.04 bits per heavy atom. The summed E-state index contributed by atoms with van der Waals surface area (Å²) in [5.74, 6) is 1.71. The van der Waals surface area contributed by atoms with Gasteiger partial charge in [0, 0.05) is 37.8 Å². The molecule has 0 bridgehead atoms. The number of aromatic nitrogens is 5. The first-order chi connectivity index (χ1) is 11.2. The highest BCUT2D eigenvalue weighted by molar-refractivity contribution is 5.87. The smallest absolute Gasteiger partial charge is 0.156 e. The molecule has 0 saturated carbocycles. The van der Waals surface area contributed by atoms with Crippen molar-refractivity contribution < 1.29 is 0 Å². The Balaban J connectivity index is 1.89. The number of nitrogens with one attached hydrogen (secondary N) is 1. The van der Waals surface area contributed by atoms with Crippen molar-refractivity contribution >= 4 is 16.9 Å². The van der Waals surface area contributed by atoms with Crippen molar-refractivity contribution in [1.82, 2.24) is 24.7 Å². The molecule has 3 heterocycles. The maximum Gasteiger partial charge on any atom is 0.156 e. The summed E-state index contributed by atoms with van der Waals surface area (Å²) in [7, 11) is 0. The molecular formula is C17H22N6. The normalized spacial score (nSPS) is 11.1. The topological polar surface area (TPSA) is 68.5 Å². The summed E-state index contributed by atoms with van der Waals surface area (Å²) in [6.45, 7) is 7.72. The molecule has 0 radical (unpaired) electrons. The van der Waals surface area contributed by atoms with Crippen LogP contribution in [-0.4, -0.2) is 31.3 Å². The summed E-state index contributed by atoms with van der Waals surface area (Å²) in [4.78, 5) is 13.7. The number of nitrogens with zero attached hydrogens (tertiary/aromatic N) is 5. The Morgan fingerprint density at radius 1 is 1.17 bits per heavy atom. The highest BCUT2D eigenvalue weighted by Crippen LogP contribution is 2.23. The lowest BCUT2D eigenvalue weighted by Gasteiger charge is -2.10. The molecule has 0 unspecified atom stereocenters. The van der Waals surface area contributed by atoms with Crippen LogP contribution in [0.3, 0.4) is 0 Å². The zero-order valence-electron chi connectivity index (χ0n) is 13.9. The number of anilines is 1. The Labute approximate surface area is 136 Å². The molecule has 0 atom stereocenters. The lowest BCUT2D eigenvalue weighted by molar-refractivity contribution is 0.675. The van der Waals surface area contributed by atoms with Gasteiger partial charge in [0.15, 0.2) is 5.82 Å². The minimum Gasteiger partial charge on any atom is -0.368 e. The van der Waals surface area contributed by atoms with Crippen LogP contribution in [0.15, 0.2) is 24.4 Å². The molecule has 6 nitrogen and oxygen atoms in total.